The van der Waals surface area contributed by atoms with Crippen molar-refractivity contribution in [2.45, 2.75) is 46.6 Å². The highest BCUT2D eigenvalue weighted by Gasteiger charge is 2.13. The molecule has 2 heterocycles. The van der Waals surface area contributed by atoms with Crippen LogP contribution >= 0.6 is 0 Å². The van der Waals surface area contributed by atoms with E-state index in [0.717, 1.165) is 28.1 Å². The minimum atomic E-state index is -0.234. The first kappa shape index (κ1) is 20.5. The molecular weight excluding hydrogens is 370 g/mol. The van der Waals surface area contributed by atoms with E-state index in [0.29, 0.717) is 24.7 Å². The lowest BCUT2D eigenvalue weighted by Crippen LogP contribution is -2.06. The molecule has 0 spiro atoms. The van der Waals surface area contributed by atoms with Crippen LogP contribution in [0.15, 0.2) is 41.1 Å². The third kappa shape index (κ3) is 5.40. The molecule has 29 heavy (non-hydrogen) atoms. The number of ether oxygens (including phenoxy) is 2. The molecule has 0 radical (unpaired) electrons. The number of benzene rings is 1. The Morgan fingerprint density at radius 1 is 1.17 bits per heavy atom. The Bertz CT molecular complexity index is 982. The molecule has 7 heteroatoms. The zero-order chi connectivity index (χ0) is 20.8. The monoisotopic (exact) mass is 395 g/mol. The van der Waals surface area contributed by atoms with Gasteiger partial charge in [0.2, 0.25) is 5.82 Å². The Labute approximate surface area is 170 Å². The summed E-state index contributed by atoms with van der Waals surface area (Å²) in [6, 6.07) is 9.45. The molecular formula is C22H25N3O4. The van der Waals surface area contributed by atoms with Crippen molar-refractivity contribution in [1.82, 2.24) is 15.1 Å². The van der Waals surface area contributed by atoms with Gasteiger partial charge in [-0.25, -0.2) is 0 Å². The number of rotatable bonds is 8. The molecule has 3 rings (SSSR count). The highest BCUT2D eigenvalue weighted by atomic mass is 16.5. The summed E-state index contributed by atoms with van der Waals surface area (Å²) in [5.74, 6) is 1.51. The van der Waals surface area contributed by atoms with Gasteiger partial charge in [0.1, 0.15) is 5.75 Å². The third-order valence-corrected chi connectivity index (χ3v) is 4.18. The van der Waals surface area contributed by atoms with Crippen molar-refractivity contribution in [3.8, 4) is 28.6 Å². The average molecular weight is 395 g/mol. The van der Waals surface area contributed by atoms with Crippen molar-refractivity contribution in [2.24, 2.45) is 0 Å². The van der Waals surface area contributed by atoms with Crippen molar-refractivity contribution in [2.75, 3.05) is 6.61 Å². The summed E-state index contributed by atoms with van der Waals surface area (Å²) in [4.78, 5) is 20.4. The Balaban J connectivity index is 1.75. The van der Waals surface area contributed by atoms with E-state index in [4.69, 9.17) is 14.0 Å². The Morgan fingerprint density at radius 3 is 2.72 bits per heavy atom. The third-order valence-electron chi connectivity index (χ3n) is 4.18. The van der Waals surface area contributed by atoms with Crippen molar-refractivity contribution in [1.29, 1.82) is 0 Å². The summed E-state index contributed by atoms with van der Waals surface area (Å²) >= 11 is 0. The van der Waals surface area contributed by atoms with Crippen LogP contribution in [0.2, 0.25) is 0 Å². The van der Waals surface area contributed by atoms with Crippen molar-refractivity contribution < 1.29 is 18.8 Å². The van der Waals surface area contributed by atoms with E-state index in [9.17, 15) is 4.79 Å². The molecule has 0 saturated heterocycles. The Morgan fingerprint density at radius 2 is 2.00 bits per heavy atom. The molecule has 152 valence electrons. The summed E-state index contributed by atoms with van der Waals surface area (Å²) in [5, 5.41) is 4.09. The first-order valence-corrected chi connectivity index (χ1v) is 9.68. The first-order valence-electron chi connectivity index (χ1n) is 9.68. The molecule has 7 nitrogen and oxygen atoms in total. The number of carbonyl (C=O) groups excluding carboxylic acids is 1. The normalized spacial score (nSPS) is 10.9. The lowest BCUT2D eigenvalue weighted by atomic mass is 10.1. The van der Waals surface area contributed by atoms with Gasteiger partial charge >= 0.3 is 5.97 Å². The quantitative estimate of drug-likeness (QED) is 0.523. The van der Waals surface area contributed by atoms with Crippen LogP contribution in [0.1, 0.15) is 38.4 Å². The maximum atomic E-state index is 11.5. The molecule has 3 aromatic rings. The molecule has 0 aliphatic rings. The van der Waals surface area contributed by atoms with E-state index in [-0.39, 0.29) is 18.5 Å². The van der Waals surface area contributed by atoms with E-state index < -0.39 is 0 Å². The molecule has 0 saturated carbocycles. The predicted molar refractivity (Wildman–Crippen MR) is 108 cm³/mol. The SMILES string of the molecule is CCOC(=O)CCc1cc(-c2noc(-c3ccc(OC(C)C)c(C)c3)n2)ccn1. The van der Waals surface area contributed by atoms with Gasteiger partial charge in [-0.15, -0.1) is 0 Å². The van der Waals surface area contributed by atoms with Gasteiger partial charge in [-0.3, -0.25) is 9.78 Å². The zero-order valence-electron chi connectivity index (χ0n) is 17.1. The zero-order valence-corrected chi connectivity index (χ0v) is 17.1. The smallest absolute Gasteiger partial charge is 0.306 e. The van der Waals surface area contributed by atoms with Crippen LogP contribution in [0.4, 0.5) is 0 Å². The molecule has 0 unspecified atom stereocenters. The molecule has 0 amide bonds. The standard InChI is InChI=1S/C22H25N3O4/c1-5-27-20(26)9-7-18-13-16(10-11-23-18)21-24-22(29-25-21)17-6-8-19(15(4)12-17)28-14(2)3/h6,8,10-14H,5,7,9H2,1-4H3. The van der Waals surface area contributed by atoms with Crippen molar-refractivity contribution >= 4 is 5.97 Å². The molecule has 0 bridgehead atoms. The van der Waals surface area contributed by atoms with Gasteiger partial charge in [0.15, 0.2) is 0 Å². The second-order valence-corrected chi connectivity index (χ2v) is 6.91. The van der Waals surface area contributed by atoms with Crippen molar-refractivity contribution in [3.63, 3.8) is 0 Å². The van der Waals surface area contributed by atoms with Gasteiger partial charge in [0, 0.05) is 29.4 Å². The number of hydrogen-bond acceptors (Lipinski definition) is 7. The molecule has 0 aliphatic carbocycles. The minimum Gasteiger partial charge on any atom is -0.491 e. The van der Waals surface area contributed by atoms with Crippen LogP contribution in [0.5, 0.6) is 5.75 Å². The van der Waals surface area contributed by atoms with Gasteiger partial charge in [-0.1, -0.05) is 5.16 Å². The molecule has 0 N–H and O–H groups in total. The van der Waals surface area contributed by atoms with Crippen LogP contribution in [-0.2, 0) is 16.0 Å². The minimum absolute atomic E-state index is 0.110. The number of esters is 1. The van der Waals surface area contributed by atoms with Gasteiger partial charge in [-0.05, 0) is 63.6 Å². The summed E-state index contributed by atoms with van der Waals surface area (Å²) in [6.45, 7) is 8.14. The lowest BCUT2D eigenvalue weighted by Gasteiger charge is -2.12. The van der Waals surface area contributed by atoms with E-state index in [1.54, 1.807) is 13.1 Å². The van der Waals surface area contributed by atoms with Gasteiger partial charge in [0.05, 0.1) is 19.1 Å². The van der Waals surface area contributed by atoms with Gasteiger partial charge < -0.3 is 14.0 Å². The summed E-state index contributed by atoms with van der Waals surface area (Å²) in [7, 11) is 0. The maximum absolute atomic E-state index is 11.5. The molecule has 0 fully saturated rings. The Hall–Kier alpha value is -3.22. The van der Waals surface area contributed by atoms with Gasteiger partial charge in [-0.2, -0.15) is 4.98 Å². The number of nitrogens with zero attached hydrogens (tertiary/aromatic N) is 3. The van der Waals surface area contributed by atoms with Crippen LogP contribution in [0, 0.1) is 6.92 Å². The molecule has 1 aromatic carbocycles. The predicted octanol–water partition coefficient (Wildman–Crippen LogP) is 4.39. The highest BCUT2D eigenvalue weighted by molar-refractivity contribution is 5.69. The molecule has 0 atom stereocenters. The van der Waals surface area contributed by atoms with Crippen LogP contribution in [0.3, 0.4) is 0 Å². The fourth-order valence-electron chi connectivity index (χ4n) is 2.84. The second-order valence-electron chi connectivity index (χ2n) is 6.91. The topological polar surface area (TPSA) is 87.3 Å². The second kappa shape index (κ2) is 9.32. The van der Waals surface area contributed by atoms with Crippen LogP contribution in [0.25, 0.3) is 22.8 Å². The van der Waals surface area contributed by atoms with E-state index in [1.165, 1.54) is 0 Å². The van der Waals surface area contributed by atoms with Gasteiger partial charge in [0.25, 0.3) is 5.89 Å². The Kier molecular flexibility index (Phi) is 6.59. The fraction of sp³-hybridized carbons (Fsp3) is 0.364. The van der Waals surface area contributed by atoms with E-state index in [2.05, 4.69) is 15.1 Å². The number of pyridine rings is 1. The largest absolute Gasteiger partial charge is 0.491 e. The average Bonchev–Trinajstić information content (AvgIpc) is 3.18. The first-order chi connectivity index (χ1) is 14.0. The highest BCUT2D eigenvalue weighted by Crippen LogP contribution is 2.27. The number of aromatic nitrogens is 3. The number of hydrogen-bond donors (Lipinski definition) is 0. The van der Waals surface area contributed by atoms with E-state index >= 15 is 0 Å². The molecule has 0 aliphatic heterocycles. The number of carbonyl (C=O) groups is 1. The summed E-state index contributed by atoms with van der Waals surface area (Å²) < 4.78 is 16.2. The van der Waals surface area contributed by atoms with E-state index in [1.807, 2.05) is 51.1 Å². The summed E-state index contributed by atoms with van der Waals surface area (Å²) in [5.41, 5.74) is 3.38. The van der Waals surface area contributed by atoms with Crippen LogP contribution < -0.4 is 4.74 Å². The maximum Gasteiger partial charge on any atom is 0.306 e. The lowest BCUT2D eigenvalue weighted by molar-refractivity contribution is -0.143. The molecule has 2 aromatic heterocycles. The fourth-order valence-corrected chi connectivity index (χ4v) is 2.84. The van der Waals surface area contributed by atoms with Crippen molar-refractivity contribution in [3.05, 3.63) is 47.8 Å². The number of aryl methyl sites for hydroxylation is 2. The van der Waals surface area contributed by atoms with Crippen LogP contribution in [-0.4, -0.2) is 33.8 Å². The summed E-state index contributed by atoms with van der Waals surface area (Å²) in [6.07, 6.45) is 2.56.